The number of benzene rings is 1. The first kappa shape index (κ1) is 16.5. The van der Waals surface area contributed by atoms with Crippen molar-refractivity contribution in [1.29, 1.82) is 0 Å². The first-order valence-corrected chi connectivity index (χ1v) is 10.6. The van der Waals surface area contributed by atoms with Crippen LogP contribution in [-0.2, 0) is 9.59 Å². The van der Waals surface area contributed by atoms with E-state index in [9.17, 15) is 14.4 Å². The van der Waals surface area contributed by atoms with Crippen molar-refractivity contribution in [3.05, 3.63) is 42.0 Å². The highest BCUT2D eigenvalue weighted by atomic mass is 16.2. The summed E-state index contributed by atoms with van der Waals surface area (Å²) in [5, 5.41) is 0. The number of rotatable bonds is 2. The highest BCUT2D eigenvalue weighted by Gasteiger charge is 2.67. The molecule has 4 aliphatic carbocycles. The highest BCUT2D eigenvalue weighted by Crippen LogP contribution is 2.65. The topological polar surface area (TPSA) is 57.7 Å². The minimum Gasteiger partial charge on any atom is -0.339 e. The summed E-state index contributed by atoms with van der Waals surface area (Å²) in [6.07, 6.45) is 8.78. The molecule has 0 aromatic heterocycles. The van der Waals surface area contributed by atoms with Crippen LogP contribution in [0.2, 0.25) is 0 Å². The number of likely N-dealkylation sites (tertiary alicyclic amines) is 1. The summed E-state index contributed by atoms with van der Waals surface area (Å²) in [7, 11) is 0. The van der Waals surface area contributed by atoms with Crippen LogP contribution < -0.4 is 4.90 Å². The van der Waals surface area contributed by atoms with Gasteiger partial charge in [-0.1, -0.05) is 18.2 Å². The number of piperidine rings is 1. The first-order valence-electron chi connectivity index (χ1n) is 10.6. The Morgan fingerprint density at radius 1 is 0.893 bits per heavy atom. The van der Waals surface area contributed by atoms with Crippen LogP contribution in [0.4, 0.5) is 5.69 Å². The van der Waals surface area contributed by atoms with E-state index in [-0.39, 0.29) is 41.4 Å². The smallest absolute Gasteiger partial charge is 0.253 e. The van der Waals surface area contributed by atoms with Crippen LogP contribution in [0.3, 0.4) is 0 Å². The molecule has 1 aromatic rings. The van der Waals surface area contributed by atoms with Crippen molar-refractivity contribution in [3.8, 4) is 0 Å². The van der Waals surface area contributed by atoms with Crippen molar-refractivity contribution in [2.75, 3.05) is 18.0 Å². The minimum absolute atomic E-state index is 0.000965. The van der Waals surface area contributed by atoms with Gasteiger partial charge in [0, 0.05) is 18.7 Å². The zero-order valence-electron chi connectivity index (χ0n) is 15.8. The lowest BCUT2D eigenvalue weighted by Crippen LogP contribution is -2.40. The molecule has 28 heavy (non-hydrogen) atoms. The van der Waals surface area contributed by atoms with Gasteiger partial charge in [0.05, 0.1) is 17.5 Å². The maximum atomic E-state index is 13.3. The van der Waals surface area contributed by atoms with Crippen molar-refractivity contribution in [2.24, 2.45) is 35.5 Å². The van der Waals surface area contributed by atoms with Gasteiger partial charge in [-0.2, -0.15) is 0 Å². The van der Waals surface area contributed by atoms with Crippen LogP contribution in [0, 0.1) is 35.5 Å². The largest absolute Gasteiger partial charge is 0.339 e. The summed E-state index contributed by atoms with van der Waals surface area (Å²) in [6.45, 7) is 1.57. The second kappa shape index (κ2) is 5.79. The number of hydrogen-bond acceptors (Lipinski definition) is 3. The first-order chi connectivity index (χ1) is 13.6. The monoisotopic (exact) mass is 376 g/mol. The van der Waals surface area contributed by atoms with Crippen molar-refractivity contribution in [2.45, 2.75) is 25.7 Å². The fourth-order valence-electron chi connectivity index (χ4n) is 6.27. The summed E-state index contributed by atoms with van der Waals surface area (Å²) in [6, 6.07) is 7.11. The van der Waals surface area contributed by atoms with Crippen LogP contribution in [0.5, 0.6) is 0 Å². The molecule has 4 fully saturated rings. The van der Waals surface area contributed by atoms with Crippen LogP contribution >= 0.6 is 0 Å². The van der Waals surface area contributed by atoms with Gasteiger partial charge in [-0.05, 0) is 67.6 Å². The van der Waals surface area contributed by atoms with Gasteiger partial charge in [-0.15, -0.1) is 0 Å². The van der Waals surface area contributed by atoms with Crippen LogP contribution in [0.1, 0.15) is 36.0 Å². The van der Waals surface area contributed by atoms with Crippen molar-refractivity contribution in [1.82, 2.24) is 4.90 Å². The Balaban J connectivity index is 1.31. The summed E-state index contributed by atoms with van der Waals surface area (Å²) in [5.41, 5.74) is 1.12. The predicted molar refractivity (Wildman–Crippen MR) is 103 cm³/mol. The number of carbonyl (C=O) groups excluding carboxylic acids is 3. The Labute approximate surface area is 164 Å². The standard InChI is InChI=1S/C23H24N2O3/c26-21(24-9-2-1-3-10-24)13-5-4-6-14(11-13)25-22(27)19-15-7-8-16(18-12-17(15)18)20(19)23(25)28/h4-8,11,15-20H,1-3,9-10,12H2/t15-,16+,17-,18-,19+,20+/m1/s1. The van der Waals surface area contributed by atoms with E-state index in [4.69, 9.17) is 0 Å². The Morgan fingerprint density at radius 2 is 1.54 bits per heavy atom. The Bertz CT molecular complexity index is 880. The predicted octanol–water partition coefficient (Wildman–Crippen LogP) is 2.87. The zero-order valence-corrected chi connectivity index (χ0v) is 15.8. The molecule has 2 bridgehead atoms. The minimum atomic E-state index is -0.201. The maximum Gasteiger partial charge on any atom is 0.253 e. The summed E-state index contributed by atoms with van der Waals surface area (Å²) in [4.78, 5) is 42.7. The van der Waals surface area contributed by atoms with Gasteiger partial charge >= 0.3 is 0 Å². The van der Waals surface area contributed by atoms with Gasteiger partial charge in [0.15, 0.2) is 0 Å². The molecule has 0 N–H and O–H groups in total. The molecule has 2 aliphatic heterocycles. The number of anilines is 1. The van der Waals surface area contributed by atoms with E-state index in [0.29, 0.717) is 23.1 Å². The maximum absolute atomic E-state index is 13.3. The number of nitrogens with zero attached hydrogens (tertiary/aromatic N) is 2. The van der Waals surface area contributed by atoms with E-state index in [1.165, 1.54) is 11.3 Å². The number of amides is 3. The molecule has 144 valence electrons. The zero-order chi connectivity index (χ0) is 19.0. The molecule has 0 radical (unpaired) electrons. The third-order valence-corrected chi connectivity index (χ3v) is 7.66. The van der Waals surface area contributed by atoms with Gasteiger partial charge in [0.2, 0.25) is 11.8 Å². The molecule has 2 saturated carbocycles. The molecule has 6 atom stereocenters. The second-order valence-electron chi connectivity index (χ2n) is 9.07. The molecule has 0 unspecified atom stereocenters. The van der Waals surface area contributed by atoms with Gasteiger partial charge in [0.1, 0.15) is 0 Å². The van der Waals surface area contributed by atoms with Crippen molar-refractivity contribution in [3.63, 3.8) is 0 Å². The lowest BCUT2D eigenvalue weighted by molar-refractivity contribution is -0.124. The third-order valence-electron chi connectivity index (χ3n) is 7.66. The molecule has 7 rings (SSSR count). The summed E-state index contributed by atoms with van der Waals surface area (Å²) in [5.74, 6) is 1.10. The molecule has 6 aliphatic rings. The normalized spacial score (nSPS) is 37.9. The van der Waals surface area contributed by atoms with Gasteiger partial charge in [-0.25, -0.2) is 4.90 Å². The Kier molecular flexibility index (Phi) is 3.41. The third kappa shape index (κ3) is 2.16. The van der Waals surface area contributed by atoms with Crippen LogP contribution in [0.15, 0.2) is 36.4 Å². The number of carbonyl (C=O) groups is 3. The van der Waals surface area contributed by atoms with Crippen molar-refractivity contribution < 1.29 is 14.4 Å². The Morgan fingerprint density at radius 3 is 2.18 bits per heavy atom. The molecule has 3 amide bonds. The molecule has 5 heteroatoms. The average Bonchev–Trinajstić information content (AvgIpc) is 3.52. The van der Waals surface area contributed by atoms with Crippen molar-refractivity contribution >= 4 is 23.4 Å². The molecule has 0 spiro atoms. The number of imide groups is 1. The van der Waals surface area contributed by atoms with E-state index in [2.05, 4.69) is 12.2 Å². The SMILES string of the molecule is O=C(c1cccc(N2C(=O)[C@H]3[C@@H]4C=C[C@@H]([C@H]5C[C@H]45)[C@@H]3C2=O)c1)N1CCCCC1. The molecule has 2 saturated heterocycles. The van der Waals surface area contributed by atoms with E-state index in [1.807, 2.05) is 4.90 Å². The summed E-state index contributed by atoms with van der Waals surface area (Å²) >= 11 is 0. The quantitative estimate of drug-likeness (QED) is 0.589. The second-order valence-corrected chi connectivity index (χ2v) is 9.07. The summed E-state index contributed by atoms with van der Waals surface area (Å²) < 4.78 is 0. The molecular weight excluding hydrogens is 352 g/mol. The van der Waals surface area contributed by atoms with E-state index < -0.39 is 0 Å². The van der Waals surface area contributed by atoms with Gasteiger partial charge < -0.3 is 4.90 Å². The van der Waals surface area contributed by atoms with Gasteiger partial charge in [0.25, 0.3) is 5.91 Å². The molecular formula is C23H24N2O3. The van der Waals surface area contributed by atoms with Crippen LogP contribution in [0.25, 0.3) is 0 Å². The average molecular weight is 376 g/mol. The van der Waals surface area contributed by atoms with E-state index in [0.717, 1.165) is 32.4 Å². The Hall–Kier alpha value is -2.43. The van der Waals surface area contributed by atoms with E-state index >= 15 is 0 Å². The number of hydrogen-bond donors (Lipinski definition) is 0. The van der Waals surface area contributed by atoms with Crippen LogP contribution in [-0.4, -0.2) is 35.7 Å². The lowest BCUT2D eigenvalue weighted by Gasteiger charge is -2.37. The van der Waals surface area contributed by atoms with Gasteiger partial charge in [-0.3, -0.25) is 14.4 Å². The lowest BCUT2D eigenvalue weighted by atomic mass is 9.63. The van der Waals surface area contributed by atoms with E-state index in [1.54, 1.807) is 24.3 Å². The molecule has 1 aromatic carbocycles. The number of allylic oxidation sites excluding steroid dienone is 2. The highest BCUT2D eigenvalue weighted by molar-refractivity contribution is 6.23. The molecule has 5 nitrogen and oxygen atoms in total. The molecule has 2 heterocycles. The fraction of sp³-hybridized carbons (Fsp3) is 0.522. The fourth-order valence-corrected chi connectivity index (χ4v) is 6.27.